The molecule has 15 heavy (non-hydrogen) atoms. The normalized spacial score (nSPS) is 13.7. The van der Waals surface area contributed by atoms with Crippen LogP contribution in [0.3, 0.4) is 0 Å². The first kappa shape index (κ1) is 9.71. The number of fused-ring (bicyclic) bond motifs is 1. The van der Waals surface area contributed by atoms with Crippen molar-refractivity contribution in [2.24, 2.45) is 0 Å². The van der Waals surface area contributed by atoms with Crippen LogP contribution >= 0.6 is 0 Å². The summed E-state index contributed by atoms with van der Waals surface area (Å²) in [6, 6.07) is 4.16. The molecule has 2 rings (SSSR count). The highest BCUT2D eigenvalue weighted by molar-refractivity contribution is 5.52. The van der Waals surface area contributed by atoms with Crippen molar-refractivity contribution in [3.05, 3.63) is 23.3 Å². The SMILES string of the molecule is N#Cc1cc2c(cc1C(F)F)OCCO2. The second-order valence-corrected chi connectivity index (χ2v) is 3.00. The predicted octanol–water partition coefficient (Wildman–Crippen LogP) is 2.27. The Morgan fingerprint density at radius 3 is 2.33 bits per heavy atom. The zero-order chi connectivity index (χ0) is 10.8. The largest absolute Gasteiger partial charge is 0.486 e. The van der Waals surface area contributed by atoms with Crippen LogP contribution in [-0.2, 0) is 0 Å². The Labute approximate surface area is 84.8 Å². The zero-order valence-corrected chi connectivity index (χ0v) is 7.67. The first-order chi connectivity index (χ1) is 7.22. The number of hydrogen-bond donors (Lipinski definition) is 0. The van der Waals surface area contributed by atoms with Gasteiger partial charge in [0.05, 0.1) is 11.6 Å². The van der Waals surface area contributed by atoms with E-state index in [1.807, 2.05) is 0 Å². The molecule has 0 saturated carbocycles. The average Bonchev–Trinajstić information content (AvgIpc) is 2.27. The summed E-state index contributed by atoms with van der Waals surface area (Å²) in [4.78, 5) is 0. The number of alkyl halides is 2. The van der Waals surface area contributed by atoms with E-state index in [1.54, 1.807) is 6.07 Å². The van der Waals surface area contributed by atoms with Crippen LogP contribution in [-0.4, -0.2) is 13.2 Å². The van der Waals surface area contributed by atoms with Crippen LogP contribution in [0.1, 0.15) is 17.6 Å². The van der Waals surface area contributed by atoms with Gasteiger partial charge in [0.2, 0.25) is 0 Å². The Bertz CT molecular complexity index is 426. The average molecular weight is 211 g/mol. The Morgan fingerprint density at radius 2 is 1.80 bits per heavy atom. The molecule has 1 aliphatic heterocycles. The lowest BCUT2D eigenvalue weighted by Crippen LogP contribution is -2.15. The molecule has 3 nitrogen and oxygen atoms in total. The van der Waals surface area contributed by atoms with E-state index in [4.69, 9.17) is 14.7 Å². The van der Waals surface area contributed by atoms with Crippen LogP contribution in [0.5, 0.6) is 11.5 Å². The Morgan fingerprint density at radius 1 is 1.20 bits per heavy atom. The molecule has 1 aliphatic rings. The van der Waals surface area contributed by atoms with Gasteiger partial charge in [-0.2, -0.15) is 5.26 Å². The molecule has 78 valence electrons. The maximum absolute atomic E-state index is 12.5. The van der Waals surface area contributed by atoms with E-state index in [9.17, 15) is 8.78 Å². The van der Waals surface area contributed by atoms with Gasteiger partial charge >= 0.3 is 0 Å². The van der Waals surface area contributed by atoms with E-state index in [0.717, 1.165) is 6.07 Å². The van der Waals surface area contributed by atoms with E-state index in [2.05, 4.69) is 0 Å². The highest BCUT2D eigenvalue weighted by Gasteiger charge is 2.20. The number of ether oxygens (including phenoxy) is 2. The maximum Gasteiger partial charge on any atom is 0.265 e. The summed E-state index contributed by atoms with van der Waals surface area (Å²) < 4.78 is 35.4. The molecule has 0 spiro atoms. The standard InChI is InChI=1S/C10H7F2NO2/c11-10(12)7-4-9-8(3-6(7)5-13)14-1-2-15-9/h3-4,10H,1-2H2. The molecule has 1 aromatic rings. The number of hydrogen-bond acceptors (Lipinski definition) is 3. The summed E-state index contributed by atoms with van der Waals surface area (Å²) in [7, 11) is 0. The molecular formula is C10H7F2NO2. The van der Waals surface area contributed by atoms with Gasteiger partial charge < -0.3 is 9.47 Å². The predicted molar refractivity (Wildman–Crippen MR) is 47.1 cm³/mol. The molecule has 0 saturated heterocycles. The van der Waals surface area contributed by atoms with Crippen molar-refractivity contribution in [1.82, 2.24) is 0 Å². The van der Waals surface area contributed by atoms with Crippen LogP contribution in [0, 0.1) is 11.3 Å². The monoisotopic (exact) mass is 211 g/mol. The summed E-state index contributed by atoms with van der Waals surface area (Å²) in [6.07, 6.45) is -2.68. The van der Waals surface area contributed by atoms with Crippen molar-refractivity contribution in [3.63, 3.8) is 0 Å². The topological polar surface area (TPSA) is 42.2 Å². The van der Waals surface area contributed by atoms with Gasteiger partial charge in [0.1, 0.15) is 13.2 Å². The quantitative estimate of drug-likeness (QED) is 0.715. The highest BCUT2D eigenvalue weighted by atomic mass is 19.3. The third-order valence-corrected chi connectivity index (χ3v) is 2.07. The molecule has 0 bridgehead atoms. The first-order valence-corrected chi connectivity index (χ1v) is 4.34. The van der Waals surface area contributed by atoms with E-state index < -0.39 is 6.43 Å². The van der Waals surface area contributed by atoms with Gasteiger partial charge in [-0.15, -0.1) is 0 Å². The summed E-state index contributed by atoms with van der Waals surface area (Å²) >= 11 is 0. The third kappa shape index (κ3) is 1.71. The molecule has 0 fully saturated rings. The van der Waals surface area contributed by atoms with Gasteiger partial charge in [-0.05, 0) is 6.07 Å². The summed E-state index contributed by atoms with van der Waals surface area (Å²) in [5.74, 6) is 0.623. The van der Waals surface area contributed by atoms with Crippen molar-refractivity contribution < 1.29 is 18.3 Å². The van der Waals surface area contributed by atoms with Gasteiger partial charge in [-0.25, -0.2) is 8.78 Å². The molecule has 0 unspecified atom stereocenters. The van der Waals surface area contributed by atoms with Crippen LogP contribution in [0.25, 0.3) is 0 Å². The Balaban J connectivity index is 2.52. The Kier molecular flexibility index (Phi) is 2.42. The Hall–Kier alpha value is -1.83. The van der Waals surface area contributed by atoms with Gasteiger partial charge in [0.15, 0.2) is 11.5 Å². The van der Waals surface area contributed by atoms with E-state index in [1.165, 1.54) is 6.07 Å². The minimum absolute atomic E-state index is 0.0748. The molecule has 1 heterocycles. The zero-order valence-electron chi connectivity index (χ0n) is 7.67. The van der Waals surface area contributed by atoms with Crippen molar-refractivity contribution in [2.45, 2.75) is 6.43 Å². The van der Waals surface area contributed by atoms with Crippen molar-refractivity contribution >= 4 is 0 Å². The maximum atomic E-state index is 12.5. The smallest absolute Gasteiger partial charge is 0.265 e. The molecule has 0 N–H and O–H groups in total. The van der Waals surface area contributed by atoms with Gasteiger partial charge in [-0.1, -0.05) is 0 Å². The molecule has 5 heteroatoms. The first-order valence-electron chi connectivity index (χ1n) is 4.34. The molecule has 1 aromatic carbocycles. The van der Waals surface area contributed by atoms with Gasteiger partial charge in [0.25, 0.3) is 6.43 Å². The minimum Gasteiger partial charge on any atom is -0.486 e. The fourth-order valence-electron chi connectivity index (χ4n) is 1.38. The van der Waals surface area contributed by atoms with Crippen LogP contribution in [0.2, 0.25) is 0 Å². The van der Waals surface area contributed by atoms with Crippen molar-refractivity contribution in [2.75, 3.05) is 13.2 Å². The molecule has 0 aliphatic carbocycles. The molecule has 0 atom stereocenters. The number of halogens is 2. The summed E-state index contributed by atoms with van der Waals surface area (Å²) in [5.41, 5.74) is -0.393. The van der Waals surface area contributed by atoms with Gasteiger partial charge in [0, 0.05) is 11.6 Å². The fraction of sp³-hybridized carbons (Fsp3) is 0.300. The number of rotatable bonds is 1. The van der Waals surface area contributed by atoms with E-state index in [-0.39, 0.29) is 16.9 Å². The van der Waals surface area contributed by atoms with Gasteiger partial charge in [-0.3, -0.25) is 0 Å². The van der Waals surface area contributed by atoms with Crippen LogP contribution in [0.4, 0.5) is 8.78 Å². The number of nitrogens with zero attached hydrogens (tertiary/aromatic N) is 1. The molecule has 0 radical (unpaired) electrons. The van der Waals surface area contributed by atoms with E-state index in [0.29, 0.717) is 19.0 Å². The highest BCUT2D eigenvalue weighted by Crippen LogP contribution is 2.36. The molecule has 0 aromatic heterocycles. The minimum atomic E-state index is -2.68. The van der Waals surface area contributed by atoms with Crippen molar-refractivity contribution in [1.29, 1.82) is 5.26 Å². The lowest BCUT2D eigenvalue weighted by molar-refractivity contribution is 0.146. The second-order valence-electron chi connectivity index (χ2n) is 3.00. The number of nitriles is 1. The lowest BCUT2D eigenvalue weighted by Gasteiger charge is -2.19. The number of benzene rings is 1. The summed E-state index contributed by atoms with van der Waals surface area (Å²) in [5, 5.41) is 8.69. The van der Waals surface area contributed by atoms with Crippen LogP contribution < -0.4 is 9.47 Å². The summed E-state index contributed by atoms with van der Waals surface area (Å²) in [6.45, 7) is 0.702. The third-order valence-electron chi connectivity index (χ3n) is 2.07. The molecular weight excluding hydrogens is 204 g/mol. The second kappa shape index (κ2) is 3.73. The molecule has 0 amide bonds. The van der Waals surface area contributed by atoms with Crippen LogP contribution in [0.15, 0.2) is 12.1 Å². The lowest BCUT2D eigenvalue weighted by atomic mass is 10.1. The van der Waals surface area contributed by atoms with Crippen molar-refractivity contribution in [3.8, 4) is 17.6 Å². The van der Waals surface area contributed by atoms with E-state index >= 15 is 0 Å². The fourth-order valence-corrected chi connectivity index (χ4v) is 1.38.